The van der Waals surface area contributed by atoms with Gasteiger partial charge < -0.3 is 5.11 Å². The van der Waals surface area contributed by atoms with E-state index in [-0.39, 0.29) is 57.1 Å². The Hall–Kier alpha value is 0.516. The monoisotopic (exact) mass is 339 g/mol. The zero-order valence-corrected chi connectivity index (χ0v) is 12.5. The normalized spacial score (nSPS) is 10.2. The van der Waals surface area contributed by atoms with E-state index in [9.17, 15) is 9.67 Å². The first kappa shape index (κ1) is 20.5. The molecule has 1 rings (SSSR count). The minimum absolute atomic E-state index is 0. The average Bonchev–Trinajstić information content (AvgIpc) is 2.31. The van der Waals surface area contributed by atoms with Crippen LogP contribution >= 0.6 is 20.2 Å². The second-order valence-electron chi connectivity index (χ2n) is 4.00. The summed E-state index contributed by atoms with van der Waals surface area (Å²) in [5, 5.41) is 9.43. The van der Waals surface area contributed by atoms with Crippen molar-refractivity contribution in [3.63, 3.8) is 0 Å². The summed E-state index contributed by atoms with van der Waals surface area (Å²) in [6.07, 6.45) is 1.38. The third-order valence-corrected chi connectivity index (χ3v) is 4.03. The molecule has 0 amide bonds. The Labute approximate surface area is 167 Å². The zero-order chi connectivity index (χ0) is 14.5. The van der Waals surface area contributed by atoms with E-state index in [1.165, 1.54) is 10.7 Å². The molecule has 0 spiro atoms. The number of anilines is 1. The molecule has 5 nitrogen and oxygen atoms in total. The zero-order valence-electron chi connectivity index (χ0n) is 10.7. The van der Waals surface area contributed by atoms with E-state index >= 15 is 0 Å². The van der Waals surface area contributed by atoms with Crippen LogP contribution in [-0.2, 0) is 4.57 Å². The van der Waals surface area contributed by atoms with Crippen LogP contribution in [0.1, 0.15) is 19.8 Å². The third-order valence-electron chi connectivity index (χ3n) is 2.48. The van der Waals surface area contributed by atoms with Crippen molar-refractivity contribution < 1.29 is 9.67 Å². The average molecular weight is 339 g/mol. The van der Waals surface area contributed by atoms with Gasteiger partial charge in [0.1, 0.15) is 5.75 Å². The number of nitrogens with two attached hydrogens (primary N) is 2. The number of hydrogen-bond donors (Lipinski definition) is 4. The molecule has 0 radical (unpaired) electrons. The van der Waals surface area contributed by atoms with Crippen LogP contribution in [0.3, 0.4) is 0 Å². The summed E-state index contributed by atoms with van der Waals surface area (Å²) in [6, 6.07) is 4.65. The fourth-order valence-corrected chi connectivity index (χ4v) is 2.73. The summed E-state index contributed by atoms with van der Waals surface area (Å²) < 4.78 is 13.4. The molecule has 1 aromatic carbocycles. The Balaban J connectivity index is 0.00000361. The quantitative estimate of drug-likeness (QED) is 0.215. The van der Waals surface area contributed by atoms with Crippen LogP contribution in [-0.4, -0.2) is 63.0 Å². The molecule has 5 N–H and O–H groups in total. The molecular formula is C12H19KN3O2PS. The number of hydrogen-bond acceptors (Lipinski definition) is 3. The number of nitrogens with zero attached hydrogens (tertiary/aromatic N) is 1. The number of thiol groups is 1. The molecule has 0 aliphatic rings. The summed E-state index contributed by atoms with van der Waals surface area (Å²) in [5.74, 6) is 5.76. The van der Waals surface area contributed by atoms with Gasteiger partial charge in [-0.3, -0.25) is 20.2 Å². The molecule has 106 valence electrons. The van der Waals surface area contributed by atoms with E-state index in [1.54, 1.807) is 19.1 Å². The standard InChI is InChI=1S/C12H18N3O2PS.K.H/c1-2-3-4-5-8-15(18(13,14)17)10-6-7-11(16)12(19)9-10;;/h6-7,9,16,19H,4-5,8H2,1H3,(H4,13,14,17);;. The predicted molar refractivity (Wildman–Crippen MR) is 88.5 cm³/mol. The van der Waals surface area contributed by atoms with Crippen molar-refractivity contribution in [1.29, 1.82) is 0 Å². The minimum atomic E-state index is -3.41. The fraction of sp³-hybridized carbons (Fsp3) is 0.333. The first-order valence-corrected chi connectivity index (χ1v) is 7.97. The van der Waals surface area contributed by atoms with Crippen LogP contribution in [0.15, 0.2) is 23.1 Å². The van der Waals surface area contributed by atoms with Gasteiger partial charge in [0, 0.05) is 23.5 Å². The first-order valence-electron chi connectivity index (χ1n) is 5.73. The molecule has 0 aromatic heterocycles. The van der Waals surface area contributed by atoms with Crippen LogP contribution < -0.4 is 15.7 Å². The van der Waals surface area contributed by atoms with E-state index < -0.39 is 7.59 Å². The van der Waals surface area contributed by atoms with Gasteiger partial charge >= 0.3 is 59.0 Å². The molecule has 0 saturated carbocycles. The summed E-state index contributed by atoms with van der Waals surface area (Å²) >= 11 is 4.11. The van der Waals surface area contributed by atoms with E-state index in [2.05, 4.69) is 24.5 Å². The van der Waals surface area contributed by atoms with E-state index in [0.29, 0.717) is 30.0 Å². The molecule has 0 heterocycles. The number of phenolic OH excluding ortho intramolecular Hbond substituents is 1. The number of unbranched alkanes of at least 4 members (excludes halogenated alkanes) is 1. The Kier molecular flexibility index (Phi) is 9.76. The molecule has 0 unspecified atom stereocenters. The molecule has 8 heteroatoms. The summed E-state index contributed by atoms with van der Waals surface area (Å²) in [5.41, 5.74) is 11.7. The van der Waals surface area contributed by atoms with Crippen molar-refractivity contribution in [3.05, 3.63) is 18.2 Å². The van der Waals surface area contributed by atoms with Crippen molar-refractivity contribution in [2.75, 3.05) is 11.2 Å². The number of rotatable bonds is 5. The van der Waals surface area contributed by atoms with Gasteiger partial charge in [0.15, 0.2) is 0 Å². The first-order chi connectivity index (χ1) is 8.86. The van der Waals surface area contributed by atoms with Crippen molar-refractivity contribution in [2.24, 2.45) is 11.0 Å². The molecule has 1 aromatic rings. The van der Waals surface area contributed by atoms with Gasteiger partial charge in [-0.15, -0.1) is 24.5 Å². The molecular weight excluding hydrogens is 320 g/mol. The number of aromatic hydroxyl groups is 1. The summed E-state index contributed by atoms with van der Waals surface area (Å²) in [4.78, 5) is 0.379. The summed E-state index contributed by atoms with van der Waals surface area (Å²) in [7, 11) is -3.41. The van der Waals surface area contributed by atoms with Gasteiger partial charge in [0.25, 0.3) is 0 Å². The Morgan fingerprint density at radius 3 is 2.60 bits per heavy atom. The van der Waals surface area contributed by atoms with E-state index in [4.69, 9.17) is 11.0 Å². The van der Waals surface area contributed by atoms with Gasteiger partial charge in [-0.25, -0.2) is 0 Å². The van der Waals surface area contributed by atoms with Crippen LogP contribution in [0.4, 0.5) is 5.69 Å². The molecule has 0 aliphatic heterocycles. The molecule has 0 saturated heterocycles. The van der Waals surface area contributed by atoms with E-state index in [0.717, 1.165) is 0 Å². The van der Waals surface area contributed by atoms with Crippen LogP contribution in [0, 0.1) is 11.8 Å². The maximum atomic E-state index is 11.9. The van der Waals surface area contributed by atoms with Crippen molar-refractivity contribution in [3.8, 4) is 17.6 Å². The number of benzene rings is 1. The second kappa shape index (κ2) is 9.52. The molecule has 0 fully saturated rings. The van der Waals surface area contributed by atoms with Crippen LogP contribution in [0.25, 0.3) is 0 Å². The van der Waals surface area contributed by atoms with Crippen molar-refractivity contribution in [1.82, 2.24) is 0 Å². The second-order valence-corrected chi connectivity index (χ2v) is 6.31. The molecule has 0 aliphatic carbocycles. The fourth-order valence-electron chi connectivity index (χ4n) is 1.58. The third kappa shape index (κ3) is 6.52. The van der Waals surface area contributed by atoms with Crippen molar-refractivity contribution in [2.45, 2.75) is 24.7 Å². The van der Waals surface area contributed by atoms with Crippen LogP contribution in [0.5, 0.6) is 5.75 Å². The topological polar surface area (TPSA) is 92.6 Å². The molecule has 0 bridgehead atoms. The Morgan fingerprint density at radius 2 is 2.10 bits per heavy atom. The van der Waals surface area contributed by atoms with Crippen molar-refractivity contribution >= 4 is 77.3 Å². The van der Waals surface area contributed by atoms with E-state index in [1.807, 2.05) is 0 Å². The Morgan fingerprint density at radius 1 is 1.45 bits per heavy atom. The van der Waals surface area contributed by atoms with Gasteiger partial charge in [0.05, 0.1) is 0 Å². The van der Waals surface area contributed by atoms with Gasteiger partial charge in [0.2, 0.25) is 0 Å². The van der Waals surface area contributed by atoms with Gasteiger partial charge in [-0.2, -0.15) is 0 Å². The Bertz CT molecular complexity index is 553. The predicted octanol–water partition coefficient (Wildman–Crippen LogP) is 1.67. The SMILES string of the molecule is CC#CCCCN(c1ccc(O)c(S)c1)P(N)(N)=O.[KH]. The molecule has 20 heavy (non-hydrogen) atoms. The van der Waals surface area contributed by atoms with Crippen LogP contribution in [0.2, 0.25) is 0 Å². The molecule has 0 atom stereocenters. The van der Waals surface area contributed by atoms with Gasteiger partial charge in [-0.1, -0.05) is 0 Å². The summed E-state index contributed by atoms with van der Waals surface area (Å²) in [6.45, 7) is 2.19. The number of phenols is 1. The maximum absolute atomic E-state index is 11.9. The van der Waals surface area contributed by atoms with Gasteiger partial charge in [-0.05, 0) is 31.5 Å².